The van der Waals surface area contributed by atoms with Crippen molar-refractivity contribution in [3.05, 3.63) is 64.7 Å². The Labute approximate surface area is 169 Å². The molecule has 3 nitrogen and oxygen atoms in total. The molecule has 1 atom stereocenters. The van der Waals surface area contributed by atoms with E-state index in [9.17, 15) is 18.0 Å². The van der Waals surface area contributed by atoms with Crippen LogP contribution in [0, 0.1) is 0 Å². The van der Waals surface area contributed by atoms with E-state index in [0.717, 1.165) is 50.0 Å². The molecule has 2 aromatic rings. The standard InChI is InChI=1S/C23H26F3NO2/c1-3-12-27(13-4-2)19-14-17-6-5-7-20(22(17)29-15-19)21(28)16-8-10-18(11-9-16)23(24,25)26/h5-11,19H,3-4,12-15H2,1-2H3. The average Bonchev–Trinajstić information content (AvgIpc) is 2.71. The topological polar surface area (TPSA) is 29.5 Å². The molecule has 0 fully saturated rings. The van der Waals surface area contributed by atoms with E-state index in [1.807, 2.05) is 12.1 Å². The number of fused-ring (bicyclic) bond motifs is 1. The summed E-state index contributed by atoms with van der Waals surface area (Å²) < 4.78 is 44.3. The van der Waals surface area contributed by atoms with E-state index in [1.54, 1.807) is 6.07 Å². The van der Waals surface area contributed by atoms with Crippen molar-refractivity contribution in [2.75, 3.05) is 19.7 Å². The molecule has 0 saturated heterocycles. The molecule has 6 heteroatoms. The van der Waals surface area contributed by atoms with Crippen LogP contribution in [-0.4, -0.2) is 36.4 Å². The van der Waals surface area contributed by atoms with Crippen LogP contribution in [0.2, 0.25) is 0 Å². The molecule has 0 aromatic heterocycles. The van der Waals surface area contributed by atoms with Crippen molar-refractivity contribution in [1.29, 1.82) is 0 Å². The van der Waals surface area contributed by atoms with E-state index in [1.165, 1.54) is 12.1 Å². The molecule has 3 rings (SSSR count). The van der Waals surface area contributed by atoms with Crippen LogP contribution in [0.5, 0.6) is 5.75 Å². The minimum Gasteiger partial charge on any atom is -0.491 e. The van der Waals surface area contributed by atoms with Gasteiger partial charge in [-0.3, -0.25) is 9.69 Å². The van der Waals surface area contributed by atoms with E-state index in [0.29, 0.717) is 17.9 Å². The molecule has 1 aliphatic heterocycles. The van der Waals surface area contributed by atoms with E-state index >= 15 is 0 Å². The number of halogens is 3. The number of hydrogen-bond donors (Lipinski definition) is 0. The number of carbonyl (C=O) groups excluding carboxylic acids is 1. The monoisotopic (exact) mass is 405 g/mol. The third-order valence-electron chi connectivity index (χ3n) is 5.23. The molecule has 1 unspecified atom stereocenters. The van der Waals surface area contributed by atoms with Gasteiger partial charge in [0.25, 0.3) is 0 Å². The number of alkyl halides is 3. The lowest BCUT2D eigenvalue weighted by atomic mass is 9.94. The van der Waals surface area contributed by atoms with Crippen LogP contribution in [-0.2, 0) is 12.6 Å². The SMILES string of the molecule is CCCN(CCC)C1COc2c(cccc2C(=O)c2ccc(C(F)(F)F)cc2)C1. The van der Waals surface area contributed by atoms with Gasteiger partial charge in [0.05, 0.1) is 11.1 Å². The number of para-hydroxylation sites is 1. The zero-order valence-corrected chi connectivity index (χ0v) is 16.8. The summed E-state index contributed by atoms with van der Waals surface area (Å²) in [6.45, 7) is 6.81. The maximum atomic E-state index is 12.9. The summed E-state index contributed by atoms with van der Waals surface area (Å²) in [5.74, 6) is 0.231. The number of nitrogens with zero attached hydrogens (tertiary/aromatic N) is 1. The van der Waals surface area contributed by atoms with Crippen molar-refractivity contribution >= 4 is 5.78 Å². The highest BCUT2D eigenvalue weighted by atomic mass is 19.4. The lowest BCUT2D eigenvalue weighted by Crippen LogP contribution is -2.44. The number of ether oxygens (including phenoxy) is 1. The second-order valence-electron chi connectivity index (χ2n) is 7.40. The van der Waals surface area contributed by atoms with E-state index in [-0.39, 0.29) is 17.4 Å². The molecule has 2 aromatic carbocycles. The Bertz CT molecular complexity index is 840. The summed E-state index contributed by atoms with van der Waals surface area (Å²) in [7, 11) is 0. The summed E-state index contributed by atoms with van der Waals surface area (Å²) in [5, 5.41) is 0. The molecule has 0 spiro atoms. The van der Waals surface area contributed by atoms with Crippen molar-refractivity contribution in [2.24, 2.45) is 0 Å². The zero-order chi connectivity index (χ0) is 21.0. The third-order valence-corrected chi connectivity index (χ3v) is 5.23. The van der Waals surface area contributed by atoms with Gasteiger partial charge >= 0.3 is 6.18 Å². The zero-order valence-electron chi connectivity index (χ0n) is 16.8. The van der Waals surface area contributed by atoms with E-state index < -0.39 is 11.7 Å². The van der Waals surface area contributed by atoms with Crippen LogP contribution in [0.25, 0.3) is 0 Å². The average molecular weight is 405 g/mol. The molecule has 0 aliphatic carbocycles. The molecular weight excluding hydrogens is 379 g/mol. The molecule has 156 valence electrons. The van der Waals surface area contributed by atoms with Crippen molar-refractivity contribution in [3.63, 3.8) is 0 Å². The summed E-state index contributed by atoms with van der Waals surface area (Å²) >= 11 is 0. The fraction of sp³-hybridized carbons (Fsp3) is 0.435. The van der Waals surface area contributed by atoms with Crippen LogP contribution < -0.4 is 4.74 Å². The van der Waals surface area contributed by atoms with Crippen LogP contribution in [0.4, 0.5) is 13.2 Å². The molecule has 1 aliphatic rings. The van der Waals surface area contributed by atoms with Crippen molar-refractivity contribution in [3.8, 4) is 5.75 Å². The van der Waals surface area contributed by atoms with Gasteiger partial charge in [-0.1, -0.05) is 38.1 Å². The van der Waals surface area contributed by atoms with Gasteiger partial charge in [-0.05, 0) is 56.1 Å². The quantitative estimate of drug-likeness (QED) is 0.581. The number of carbonyl (C=O) groups is 1. The molecule has 1 heterocycles. The van der Waals surface area contributed by atoms with Gasteiger partial charge in [0.2, 0.25) is 0 Å². The highest BCUT2D eigenvalue weighted by Gasteiger charge is 2.31. The van der Waals surface area contributed by atoms with Crippen molar-refractivity contribution in [2.45, 2.75) is 45.3 Å². The minimum absolute atomic E-state index is 0.218. The van der Waals surface area contributed by atoms with Gasteiger partial charge < -0.3 is 4.74 Å². The molecule has 29 heavy (non-hydrogen) atoms. The number of ketones is 1. The van der Waals surface area contributed by atoms with Crippen LogP contribution in [0.1, 0.15) is 53.7 Å². The summed E-state index contributed by atoms with van der Waals surface area (Å²) in [4.78, 5) is 15.4. The van der Waals surface area contributed by atoms with E-state index in [2.05, 4.69) is 18.7 Å². The number of hydrogen-bond acceptors (Lipinski definition) is 3. The molecule has 0 radical (unpaired) electrons. The maximum Gasteiger partial charge on any atom is 0.416 e. The first kappa shape index (κ1) is 21.4. The van der Waals surface area contributed by atoms with Crippen molar-refractivity contribution in [1.82, 2.24) is 4.90 Å². The minimum atomic E-state index is -4.42. The summed E-state index contributed by atoms with van der Waals surface area (Å²) in [6.07, 6.45) is -1.50. The van der Waals surface area contributed by atoms with Gasteiger partial charge in [-0.15, -0.1) is 0 Å². The highest BCUT2D eigenvalue weighted by Crippen LogP contribution is 2.33. The Morgan fingerprint density at radius 1 is 1.07 bits per heavy atom. The van der Waals surface area contributed by atoms with Crippen LogP contribution in [0.15, 0.2) is 42.5 Å². The smallest absolute Gasteiger partial charge is 0.416 e. The third kappa shape index (κ3) is 4.81. The molecule has 0 amide bonds. The first-order valence-corrected chi connectivity index (χ1v) is 10.1. The Balaban J connectivity index is 1.83. The molecule has 0 N–H and O–H groups in total. The summed E-state index contributed by atoms with van der Waals surface area (Å²) in [6, 6.07) is 10.0. The second-order valence-corrected chi connectivity index (χ2v) is 7.40. The lowest BCUT2D eigenvalue weighted by Gasteiger charge is -2.35. The van der Waals surface area contributed by atoms with Gasteiger partial charge in [0.1, 0.15) is 12.4 Å². The second kappa shape index (κ2) is 8.99. The molecule has 0 bridgehead atoms. The van der Waals surface area contributed by atoms with Crippen molar-refractivity contribution < 1.29 is 22.7 Å². The fourth-order valence-electron chi connectivity index (χ4n) is 3.84. The Morgan fingerprint density at radius 3 is 2.31 bits per heavy atom. The van der Waals surface area contributed by atoms with Gasteiger partial charge in [0.15, 0.2) is 5.78 Å². The predicted molar refractivity (Wildman–Crippen MR) is 106 cm³/mol. The Kier molecular flexibility index (Phi) is 6.63. The Morgan fingerprint density at radius 2 is 1.72 bits per heavy atom. The number of rotatable bonds is 7. The fourth-order valence-corrected chi connectivity index (χ4v) is 3.84. The van der Waals surface area contributed by atoms with Crippen LogP contribution >= 0.6 is 0 Å². The van der Waals surface area contributed by atoms with Crippen LogP contribution in [0.3, 0.4) is 0 Å². The van der Waals surface area contributed by atoms with E-state index in [4.69, 9.17) is 4.74 Å². The maximum absolute atomic E-state index is 12.9. The normalized spacial score (nSPS) is 16.4. The largest absolute Gasteiger partial charge is 0.491 e. The molecular formula is C23H26F3NO2. The predicted octanol–water partition coefficient (Wildman–Crippen LogP) is 5.36. The first-order chi connectivity index (χ1) is 13.8. The first-order valence-electron chi connectivity index (χ1n) is 10.1. The van der Waals surface area contributed by atoms with Gasteiger partial charge in [-0.2, -0.15) is 13.2 Å². The summed E-state index contributed by atoms with van der Waals surface area (Å²) in [5.41, 5.74) is 0.820. The molecule has 0 saturated carbocycles. The number of benzene rings is 2. The Hall–Kier alpha value is -2.34. The van der Waals surface area contributed by atoms with Gasteiger partial charge in [-0.25, -0.2) is 0 Å². The van der Waals surface area contributed by atoms with Gasteiger partial charge in [0, 0.05) is 11.6 Å². The highest BCUT2D eigenvalue weighted by molar-refractivity contribution is 6.11. The lowest BCUT2D eigenvalue weighted by molar-refractivity contribution is -0.137.